The molecular formula is C27H27N5OS. The molecule has 0 unspecified atom stereocenters. The fourth-order valence-electron chi connectivity index (χ4n) is 4.90. The minimum atomic E-state index is 0.420. The van der Waals surface area contributed by atoms with Gasteiger partial charge in [-0.3, -0.25) is 9.47 Å². The van der Waals surface area contributed by atoms with Crippen LogP contribution in [0.4, 0.5) is 0 Å². The number of fused-ring (bicyclic) bond motifs is 1. The average Bonchev–Trinajstić information content (AvgIpc) is 3.64. The highest BCUT2D eigenvalue weighted by Crippen LogP contribution is 2.30. The van der Waals surface area contributed by atoms with Crippen molar-refractivity contribution in [3.05, 3.63) is 96.0 Å². The van der Waals surface area contributed by atoms with Crippen molar-refractivity contribution in [1.82, 2.24) is 24.0 Å². The molecule has 0 aliphatic carbocycles. The molecule has 1 aliphatic heterocycles. The Balaban J connectivity index is 1.18. The van der Waals surface area contributed by atoms with E-state index < -0.39 is 0 Å². The van der Waals surface area contributed by atoms with E-state index in [1.807, 2.05) is 41.9 Å². The molecule has 0 radical (unpaired) electrons. The number of nitrogens with zero attached hydrogens (tertiary/aromatic N) is 5. The molecule has 7 heteroatoms. The topological polar surface area (TPSA) is 48.1 Å². The summed E-state index contributed by atoms with van der Waals surface area (Å²) in [5.41, 5.74) is 3.53. The van der Waals surface area contributed by atoms with Crippen molar-refractivity contribution in [2.75, 3.05) is 13.1 Å². The van der Waals surface area contributed by atoms with Crippen molar-refractivity contribution < 1.29 is 4.74 Å². The first-order valence-electron chi connectivity index (χ1n) is 11.8. The third-order valence-electron chi connectivity index (χ3n) is 6.55. The van der Waals surface area contributed by atoms with Crippen molar-refractivity contribution >= 4 is 22.4 Å². The molecule has 4 heterocycles. The number of imidazole rings is 1. The van der Waals surface area contributed by atoms with Gasteiger partial charge in [0.15, 0.2) is 5.13 Å². The van der Waals surface area contributed by atoms with Gasteiger partial charge in [-0.15, -0.1) is 11.3 Å². The second-order valence-electron chi connectivity index (χ2n) is 8.68. The number of para-hydroxylation sites is 3. The first-order valence-corrected chi connectivity index (χ1v) is 12.7. The molecular weight excluding hydrogens is 442 g/mol. The van der Waals surface area contributed by atoms with Crippen molar-refractivity contribution in [3.63, 3.8) is 0 Å². The van der Waals surface area contributed by atoms with Gasteiger partial charge >= 0.3 is 0 Å². The molecule has 5 aromatic rings. The lowest BCUT2D eigenvalue weighted by molar-refractivity contribution is 0.174. The fraction of sp³-hybridized carbons (Fsp3) is 0.259. The highest BCUT2D eigenvalue weighted by molar-refractivity contribution is 7.12. The summed E-state index contributed by atoms with van der Waals surface area (Å²) in [6.07, 6.45) is 6.16. The Bertz CT molecular complexity index is 1350. The first-order chi connectivity index (χ1) is 16.8. The molecule has 0 N–H and O–H groups in total. The van der Waals surface area contributed by atoms with Crippen LogP contribution in [0.5, 0.6) is 5.75 Å². The number of ether oxygens (including phenoxy) is 1. The predicted octanol–water partition coefficient (Wildman–Crippen LogP) is 5.70. The monoisotopic (exact) mass is 469 g/mol. The van der Waals surface area contributed by atoms with Crippen LogP contribution < -0.4 is 4.74 Å². The zero-order valence-electron chi connectivity index (χ0n) is 19.0. The number of hydrogen-bond acceptors (Lipinski definition) is 5. The molecule has 0 amide bonds. The van der Waals surface area contributed by atoms with Gasteiger partial charge in [0.2, 0.25) is 0 Å². The van der Waals surface area contributed by atoms with Gasteiger partial charge in [-0.2, -0.15) is 0 Å². The number of thiazole rings is 1. The van der Waals surface area contributed by atoms with Gasteiger partial charge in [0.1, 0.15) is 18.2 Å². The molecule has 6 nitrogen and oxygen atoms in total. The normalized spacial score (nSPS) is 15.2. The van der Waals surface area contributed by atoms with E-state index in [0.717, 1.165) is 54.7 Å². The summed E-state index contributed by atoms with van der Waals surface area (Å²) >= 11 is 1.67. The third kappa shape index (κ3) is 4.24. The zero-order chi connectivity index (χ0) is 22.7. The van der Waals surface area contributed by atoms with Crippen LogP contribution in [-0.2, 0) is 13.2 Å². The van der Waals surface area contributed by atoms with Crippen LogP contribution in [0.2, 0.25) is 0 Å². The molecule has 2 aromatic carbocycles. The van der Waals surface area contributed by atoms with Crippen molar-refractivity contribution in [1.29, 1.82) is 0 Å². The molecule has 6 rings (SSSR count). The van der Waals surface area contributed by atoms with Gasteiger partial charge in [-0.05, 0) is 49.2 Å². The predicted molar refractivity (Wildman–Crippen MR) is 135 cm³/mol. The fourth-order valence-corrected chi connectivity index (χ4v) is 5.56. The van der Waals surface area contributed by atoms with Crippen LogP contribution in [0.3, 0.4) is 0 Å². The van der Waals surface area contributed by atoms with E-state index >= 15 is 0 Å². The van der Waals surface area contributed by atoms with E-state index in [-0.39, 0.29) is 0 Å². The Morgan fingerprint density at radius 3 is 2.59 bits per heavy atom. The summed E-state index contributed by atoms with van der Waals surface area (Å²) in [5.74, 6) is 1.88. The minimum absolute atomic E-state index is 0.420. The van der Waals surface area contributed by atoms with E-state index in [2.05, 4.69) is 61.6 Å². The van der Waals surface area contributed by atoms with Crippen molar-refractivity contribution in [2.24, 2.45) is 0 Å². The van der Waals surface area contributed by atoms with Gasteiger partial charge in [-0.1, -0.05) is 30.3 Å². The van der Waals surface area contributed by atoms with Crippen LogP contribution in [0.15, 0.2) is 84.5 Å². The third-order valence-corrected chi connectivity index (χ3v) is 7.32. The smallest absolute Gasteiger partial charge is 0.193 e. The Kier molecular flexibility index (Phi) is 5.87. The highest BCUT2D eigenvalue weighted by Gasteiger charge is 2.25. The van der Waals surface area contributed by atoms with E-state index in [1.54, 1.807) is 11.3 Å². The molecule has 34 heavy (non-hydrogen) atoms. The largest absolute Gasteiger partial charge is 0.486 e. The molecule has 0 atom stereocenters. The molecule has 172 valence electrons. The molecule has 1 aliphatic rings. The second-order valence-corrected chi connectivity index (χ2v) is 9.55. The Labute approximate surface area is 203 Å². The molecule has 1 saturated heterocycles. The SMILES string of the molecule is c1ccc(OCc2nc3ccccc3n2C2CCN(Cc3cccn3-c3nccs3)CC2)cc1. The number of aromatic nitrogens is 4. The molecule has 3 aromatic heterocycles. The van der Waals surface area contributed by atoms with E-state index in [1.165, 1.54) is 11.2 Å². The summed E-state index contributed by atoms with van der Waals surface area (Å²) in [6, 6.07) is 23.2. The average molecular weight is 470 g/mol. The van der Waals surface area contributed by atoms with Gasteiger partial charge in [-0.25, -0.2) is 9.97 Å². The minimum Gasteiger partial charge on any atom is -0.486 e. The zero-order valence-corrected chi connectivity index (χ0v) is 19.8. The highest BCUT2D eigenvalue weighted by atomic mass is 32.1. The van der Waals surface area contributed by atoms with Gasteiger partial charge in [0.05, 0.1) is 11.0 Å². The molecule has 0 spiro atoms. The second kappa shape index (κ2) is 9.44. The number of hydrogen-bond donors (Lipinski definition) is 0. The number of rotatable bonds is 7. The Morgan fingerprint density at radius 1 is 0.941 bits per heavy atom. The lowest BCUT2D eigenvalue weighted by Crippen LogP contribution is -2.35. The maximum absolute atomic E-state index is 6.09. The summed E-state index contributed by atoms with van der Waals surface area (Å²) in [7, 11) is 0. The van der Waals surface area contributed by atoms with E-state index in [4.69, 9.17) is 9.72 Å². The van der Waals surface area contributed by atoms with Crippen LogP contribution in [0, 0.1) is 0 Å². The van der Waals surface area contributed by atoms with Gasteiger partial charge in [0, 0.05) is 49.1 Å². The number of likely N-dealkylation sites (tertiary alicyclic amines) is 1. The van der Waals surface area contributed by atoms with E-state index in [0.29, 0.717) is 12.6 Å². The lowest BCUT2D eigenvalue weighted by Gasteiger charge is -2.33. The standard InChI is InChI=1S/C27H27N5OS/c1-2-8-23(9-3-1)33-20-26-29-24-10-4-5-11-25(24)32(26)21-12-16-30(17-13-21)19-22-7-6-15-31(22)27-28-14-18-34-27/h1-11,14-15,18,21H,12-13,16-17,19-20H2. The van der Waals surface area contributed by atoms with E-state index in [9.17, 15) is 0 Å². The maximum atomic E-state index is 6.09. The van der Waals surface area contributed by atoms with Crippen LogP contribution >= 0.6 is 11.3 Å². The van der Waals surface area contributed by atoms with Gasteiger partial charge in [0.25, 0.3) is 0 Å². The van der Waals surface area contributed by atoms with Gasteiger partial charge < -0.3 is 9.30 Å². The quantitative estimate of drug-likeness (QED) is 0.307. The van der Waals surface area contributed by atoms with Crippen LogP contribution in [-0.4, -0.2) is 37.1 Å². The number of piperidine rings is 1. The summed E-state index contributed by atoms with van der Waals surface area (Å²) in [5, 5.41) is 3.06. The number of benzene rings is 2. The first kappa shape index (κ1) is 21.1. The maximum Gasteiger partial charge on any atom is 0.193 e. The molecule has 0 bridgehead atoms. The molecule has 1 fully saturated rings. The summed E-state index contributed by atoms with van der Waals surface area (Å²) in [4.78, 5) is 12.0. The molecule has 0 saturated carbocycles. The van der Waals surface area contributed by atoms with Crippen LogP contribution in [0.25, 0.3) is 16.2 Å². The Hall–Kier alpha value is -3.42. The summed E-state index contributed by atoms with van der Waals surface area (Å²) in [6.45, 7) is 3.52. The lowest BCUT2D eigenvalue weighted by atomic mass is 10.0. The Morgan fingerprint density at radius 2 is 1.76 bits per heavy atom. The van der Waals surface area contributed by atoms with Crippen molar-refractivity contribution in [2.45, 2.75) is 32.0 Å². The van der Waals surface area contributed by atoms with Crippen LogP contribution in [0.1, 0.15) is 30.4 Å². The van der Waals surface area contributed by atoms with Crippen molar-refractivity contribution in [3.8, 4) is 10.9 Å². The summed E-state index contributed by atoms with van der Waals surface area (Å²) < 4.78 is 10.7.